The first-order valence-electron chi connectivity index (χ1n) is 16.3. The van der Waals surface area contributed by atoms with Crippen molar-refractivity contribution in [2.24, 2.45) is 0 Å². The fraction of sp³-hybridized carbons (Fsp3) is 0.788. The van der Waals surface area contributed by atoms with Gasteiger partial charge in [0.05, 0.1) is 39.9 Å². The van der Waals surface area contributed by atoms with E-state index in [2.05, 4.69) is 55.6 Å². The molecule has 0 aliphatic rings. The number of carbonyl (C=O) groups is 1. The van der Waals surface area contributed by atoms with Gasteiger partial charge in [-0.1, -0.05) is 102 Å². The summed E-state index contributed by atoms with van der Waals surface area (Å²) in [7, 11) is 1.27. The highest BCUT2D eigenvalue weighted by atomic mass is 31.2. The van der Waals surface area contributed by atoms with Crippen molar-refractivity contribution in [3.05, 3.63) is 36.5 Å². The Morgan fingerprint density at radius 1 is 0.857 bits per heavy atom. The Hall–Kier alpha value is -1.28. The van der Waals surface area contributed by atoms with E-state index in [1.54, 1.807) is 0 Å². The van der Waals surface area contributed by atoms with Crippen molar-refractivity contribution < 1.29 is 32.9 Å². The number of rotatable bonds is 28. The number of hydrogen-bond donors (Lipinski definition) is 2. The lowest BCUT2D eigenvalue weighted by Gasteiger charge is -2.30. The molecule has 0 saturated carbocycles. The van der Waals surface area contributed by atoms with E-state index in [0.29, 0.717) is 23.9 Å². The van der Waals surface area contributed by atoms with Crippen LogP contribution in [0.3, 0.4) is 0 Å². The van der Waals surface area contributed by atoms with Crippen LogP contribution in [0.4, 0.5) is 0 Å². The summed E-state index contributed by atoms with van der Waals surface area (Å²) in [6, 6.07) is -0.810. The average molecular weight is 615 g/mol. The van der Waals surface area contributed by atoms with Crippen molar-refractivity contribution in [1.82, 2.24) is 5.32 Å². The summed E-state index contributed by atoms with van der Waals surface area (Å²) in [5.74, 6) is -0.202. The first-order valence-corrected chi connectivity index (χ1v) is 17.8. The molecule has 0 aromatic rings. The molecule has 0 rings (SSSR count). The minimum absolute atomic E-state index is 0.00439. The third-order valence-corrected chi connectivity index (χ3v) is 7.86. The van der Waals surface area contributed by atoms with Gasteiger partial charge in [0.2, 0.25) is 5.91 Å². The number of nitrogens with one attached hydrogen (secondary N) is 1. The van der Waals surface area contributed by atoms with E-state index < -0.39 is 20.0 Å². The Morgan fingerprint density at radius 2 is 1.45 bits per heavy atom. The third-order valence-electron chi connectivity index (χ3n) is 6.89. The van der Waals surface area contributed by atoms with Crippen LogP contribution in [0.5, 0.6) is 0 Å². The van der Waals surface area contributed by atoms with E-state index in [9.17, 15) is 19.4 Å². The van der Waals surface area contributed by atoms with Crippen molar-refractivity contribution in [3.63, 3.8) is 0 Å². The van der Waals surface area contributed by atoms with E-state index in [1.165, 1.54) is 25.7 Å². The number of unbranched alkanes of at least 4 members (excludes halogenated alkanes) is 9. The normalized spacial score (nSPS) is 15.5. The highest BCUT2D eigenvalue weighted by Crippen LogP contribution is 2.38. The molecule has 0 spiro atoms. The molecule has 8 nitrogen and oxygen atoms in total. The number of likely N-dealkylation sites (N-methyl/N-ethyl adjacent to an activating group) is 1. The Labute approximate surface area is 257 Å². The minimum Gasteiger partial charge on any atom is -0.756 e. The first-order chi connectivity index (χ1) is 20.0. The van der Waals surface area contributed by atoms with Gasteiger partial charge in [-0.15, -0.1) is 0 Å². The maximum Gasteiger partial charge on any atom is 0.268 e. The summed E-state index contributed by atoms with van der Waals surface area (Å²) in [6.45, 7) is 4.48. The summed E-state index contributed by atoms with van der Waals surface area (Å²) >= 11 is 0. The smallest absolute Gasteiger partial charge is 0.268 e. The van der Waals surface area contributed by atoms with Crippen LogP contribution in [-0.4, -0.2) is 68.5 Å². The fourth-order valence-electron chi connectivity index (χ4n) is 4.23. The third kappa shape index (κ3) is 27.5. The maximum atomic E-state index is 12.7. The molecule has 9 heteroatoms. The maximum absolute atomic E-state index is 12.7. The zero-order chi connectivity index (χ0) is 31.5. The summed E-state index contributed by atoms with van der Waals surface area (Å²) in [5, 5.41) is 13.6. The molecule has 246 valence electrons. The van der Waals surface area contributed by atoms with Gasteiger partial charge in [0.15, 0.2) is 0 Å². The molecular formula is C33H63N2O6P. The van der Waals surface area contributed by atoms with Crippen LogP contribution in [0, 0.1) is 0 Å². The minimum atomic E-state index is -4.55. The Bertz CT molecular complexity index is 794. The lowest BCUT2D eigenvalue weighted by molar-refractivity contribution is -0.870. The van der Waals surface area contributed by atoms with E-state index >= 15 is 0 Å². The number of phosphoric acid groups is 1. The number of quaternary nitrogens is 1. The number of amides is 1. The lowest BCUT2D eigenvalue weighted by atomic mass is 10.0. The average Bonchev–Trinajstić information content (AvgIpc) is 2.92. The van der Waals surface area contributed by atoms with Crippen molar-refractivity contribution >= 4 is 13.7 Å². The largest absolute Gasteiger partial charge is 0.756 e. The molecule has 3 unspecified atom stereocenters. The summed E-state index contributed by atoms with van der Waals surface area (Å²) in [6.07, 6.45) is 27.4. The van der Waals surface area contributed by atoms with Crippen molar-refractivity contribution in [1.29, 1.82) is 0 Å². The SMILES string of the molecule is CC/C=C\C/C=C\C/C=C\CCCCCC(=O)NC(COP(=O)([O-])OCC[N+](C)(C)C)C(O)CCCCCCCCC. The standard InChI is InChI=1S/C33H63N2O6P/c1-6-8-10-12-14-15-16-17-18-19-21-23-25-27-33(37)34-31(32(36)26-24-22-20-13-11-9-7-2)30-41-42(38,39)40-29-28-35(3,4)5/h8,10,14-15,17-18,31-32,36H,6-7,9,11-13,16,19-30H2,1-5H3,(H-,34,37,38,39)/b10-8-,15-14-,18-17-. The van der Waals surface area contributed by atoms with Crippen LogP contribution in [0.15, 0.2) is 36.5 Å². The van der Waals surface area contributed by atoms with E-state index in [-0.39, 0.29) is 19.1 Å². The van der Waals surface area contributed by atoms with Crippen LogP contribution >= 0.6 is 7.82 Å². The van der Waals surface area contributed by atoms with Gasteiger partial charge >= 0.3 is 0 Å². The molecule has 0 saturated heterocycles. The molecule has 2 N–H and O–H groups in total. The Morgan fingerprint density at radius 3 is 2.10 bits per heavy atom. The van der Waals surface area contributed by atoms with Gasteiger partial charge in [-0.2, -0.15) is 0 Å². The van der Waals surface area contributed by atoms with Gasteiger partial charge in [-0.3, -0.25) is 9.36 Å². The molecule has 0 fully saturated rings. The number of carbonyl (C=O) groups excluding carboxylic acids is 1. The predicted molar refractivity (Wildman–Crippen MR) is 173 cm³/mol. The van der Waals surface area contributed by atoms with Gasteiger partial charge in [0.25, 0.3) is 7.82 Å². The fourth-order valence-corrected chi connectivity index (χ4v) is 4.95. The zero-order valence-electron chi connectivity index (χ0n) is 27.4. The second kappa shape index (κ2) is 26.2. The number of phosphoric ester groups is 1. The molecule has 0 aromatic heterocycles. The molecule has 0 aliphatic heterocycles. The van der Waals surface area contributed by atoms with Gasteiger partial charge in [-0.05, 0) is 44.9 Å². The van der Waals surface area contributed by atoms with Gasteiger partial charge in [0.1, 0.15) is 13.2 Å². The van der Waals surface area contributed by atoms with Crippen LogP contribution in [0.25, 0.3) is 0 Å². The monoisotopic (exact) mass is 614 g/mol. The second-order valence-corrected chi connectivity index (χ2v) is 13.5. The number of nitrogens with zero attached hydrogens (tertiary/aromatic N) is 1. The molecule has 0 bridgehead atoms. The molecule has 42 heavy (non-hydrogen) atoms. The molecule has 1 amide bonds. The second-order valence-electron chi connectivity index (χ2n) is 12.1. The predicted octanol–water partition coefficient (Wildman–Crippen LogP) is 6.99. The van der Waals surface area contributed by atoms with Gasteiger partial charge < -0.3 is 28.8 Å². The highest BCUT2D eigenvalue weighted by molar-refractivity contribution is 7.45. The quantitative estimate of drug-likeness (QED) is 0.0426. The van der Waals surface area contributed by atoms with E-state index in [0.717, 1.165) is 64.2 Å². The Balaban J connectivity index is 4.57. The Kier molecular flexibility index (Phi) is 25.4. The highest BCUT2D eigenvalue weighted by Gasteiger charge is 2.24. The number of aliphatic hydroxyl groups excluding tert-OH is 1. The van der Waals surface area contributed by atoms with Gasteiger partial charge in [0, 0.05) is 6.42 Å². The summed E-state index contributed by atoms with van der Waals surface area (Å²) < 4.78 is 22.9. The first kappa shape index (κ1) is 40.7. The van der Waals surface area contributed by atoms with E-state index in [1.807, 2.05) is 21.1 Å². The van der Waals surface area contributed by atoms with Crippen LogP contribution < -0.4 is 10.2 Å². The lowest BCUT2D eigenvalue weighted by Crippen LogP contribution is -2.46. The molecular weight excluding hydrogens is 551 g/mol. The van der Waals surface area contributed by atoms with E-state index in [4.69, 9.17) is 9.05 Å². The van der Waals surface area contributed by atoms with Gasteiger partial charge in [-0.25, -0.2) is 0 Å². The summed E-state index contributed by atoms with van der Waals surface area (Å²) in [4.78, 5) is 25.0. The van der Waals surface area contributed by atoms with Crippen molar-refractivity contribution in [2.75, 3.05) is 40.9 Å². The number of hydrogen-bond acceptors (Lipinski definition) is 6. The molecule has 0 heterocycles. The van der Waals surface area contributed by atoms with Crippen LogP contribution in [-0.2, 0) is 18.4 Å². The topological polar surface area (TPSA) is 108 Å². The summed E-state index contributed by atoms with van der Waals surface area (Å²) in [5.41, 5.74) is 0. The number of allylic oxidation sites excluding steroid dienone is 6. The van der Waals surface area contributed by atoms with Crippen molar-refractivity contribution in [3.8, 4) is 0 Å². The molecule has 0 radical (unpaired) electrons. The van der Waals surface area contributed by atoms with Crippen LogP contribution in [0.1, 0.15) is 117 Å². The zero-order valence-corrected chi connectivity index (χ0v) is 28.3. The molecule has 0 aliphatic carbocycles. The molecule has 0 aromatic carbocycles. The number of aliphatic hydroxyl groups is 1. The van der Waals surface area contributed by atoms with Crippen LogP contribution in [0.2, 0.25) is 0 Å². The molecule has 3 atom stereocenters. The van der Waals surface area contributed by atoms with Crippen molar-refractivity contribution in [2.45, 2.75) is 129 Å².